The lowest BCUT2D eigenvalue weighted by Gasteiger charge is -2.09. The van der Waals surface area contributed by atoms with Gasteiger partial charge in [-0.2, -0.15) is 0 Å². The number of aromatic amines is 1. The lowest BCUT2D eigenvalue weighted by molar-refractivity contribution is -0.116. The van der Waals surface area contributed by atoms with E-state index in [1.807, 2.05) is 0 Å². The monoisotopic (exact) mass is 308 g/mol. The number of rotatable bonds is 4. The largest absolute Gasteiger partial charge is 0.397 e. The summed E-state index contributed by atoms with van der Waals surface area (Å²) in [6.07, 6.45) is 0.00577. The number of carbonyl (C=O) groups is 1. The second-order valence-corrected chi connectivity index (χ2v) is 4.77. The molecule has 1 aromatic carbocycles. The maximum atomic E-state index is 11.8. The molecule has 110 valence electrons. The summed E-state index contributed by atoms with van der Waals surface area (Å²) in [4.78, 5) is 34.4. The predicted octanol–water partition coefficient (Wildman–Crippen LogP) is 0.801. The van der Waals surface area contributed by atoms with Gasteiger partial charge in [-0.05, 0) is 18.2 Å². The molecule has 2 aromatic rings. The van der Waals surface area contributed by atoms with Crippen LogP contribution >= 0.6 is 11.6 Å². The first kappa shape index (κ1) is 14.9. The molecule has 7 nitrogen and oxygen atoms in total. The highest BCUT2D eigenvalue weighted by Gasteiger charge is 2.07. The molecule has 2 rings (SSSR count). The number of amides is 1. The van der Waals surface area contributed by atoms with Crippen LogP contribution in [0.3, 0.4) is 0 Å². The molecule has 0 saturated heterocycles. The van der Waals surface area contributed by atoms with Crippen LogP contribution < -0.4 is 22.2 Å². The standard InChI is InChI=1S/C13H13ClN4O3/c14-8-1-2-9(15)10(7-8)16-11(19)5-6-18-13(21)4-3-12(20)17-18/h1-4,7H,5-6,15H2,(H,16,19)(H,17,20). The Kier molecular flexibility index (Phi) is 4.44. The minimum atomic E-state index is -0.408. The third-order valence-corrected chi connectivity index (χ3v) is 2.98. The Bertz CT molecular complexity index is 781. The molecule has 4 N–H and O–H groups in total. The first-order valence-electron chi connectivity index (χ1n) is 6.11. The van der Waals surface area contributed by atoms with Gasteiger partial charge < -0.3 is 11.1 Å². The average Bonchev–Trinajstić information content (AvgIpc) is 2.44. The van der Waals surface area contributed by atoms with E-state index >= 15 is 0 Å². The van der Waals surface area contributed by atoms with Crippen LogP contribution in [-0.4, -0.2) is 15.7 Å². The number of H-pyrrole nitrogens is 1. The van der Waals surface area contributed by atoms with Crippen molar-refractivity contribution in [2.24, 2.45) is 0 Å². The maximum absolute atomic E-state index is 11.8. The van der Waals surface area contributed by atoms with Crippen molar-refractivity contribution in [2.75, 3.05) is 11.1 Å². The molecule has 0 aliphatic rings. The molecule has 8 heteroatoms. The van der Waals surface area contributed by atoms with Crippen LogP contribution in [0, 0.1) is 0 Å². The van der Waals surface area contributed by atoms with Crippen LogP contribution in [0.2, 0.25) is 5.02 Å². The van der Waals surface area contributed by atoms with Gasteiger partial charge >= 0.3 is 0 Å². The normalized spacial score (nSPS) is 10.3. The summed E-state index contributed by atoms with van der Waals surface area (Å²) in [7, 11) is 0. The van der Waals surface area contributed by atoms with Crippen LogP contribution in [-0.2, 0) is 11.3 Å². The Morgan fingerprint density at radius 2 is 2.05 bits per heavy atom. The number of nitrogens with two attached hydrogens (primary N) is 1. The number of anilines is 2. The number of aromatic nitrogens is 2. The molecule has 0 bridgehead atoms. The third-order valence-electron chi connectivity index (χ3n) is 2.74. The van der Waals surface area contributed by atoms with Gasteiger partial charge in [-0.25, -0.2) is 4.68 Å². The molecule has 0 unspecified atom stereocenters. The topological polar surface area (TPSA) is 110 Å². The summed E-state index contributed by atoms with van der Waals surface area (Å²) in [5.74, 6) is -0.347. The Morgan fingerprint density at radius 1 is 1.29 bits per heavy atom. The summed E-state index contributed by atoms with van der Waals surface area (Å²) in [5, 5.41) is 5.39. The summed E-state index contributed by atoms with van der Waals surface area (Å²) < 4.78 is 1.07. The summed E-state index contributed by atoms with van der Waals surface area (Å²) in [6.45, 7) is 0.0568. The molecule has 1 amide bonds. The summed E-state index contributed by atoms with van der Waals surface area (Å²) >= 11 is 5.82. The quantitative estimate of drug-likeness (QED) is 0.726. The molecule has 1 heterocycles. The molecule has 0 radical (unpaired) electrons. The fraction of sp³-hybridized carbons (Fsp3) is 0.154. The molecule has 0 fully saturated rings. The Morgan fingerprint density at radius 3 is 2.81 bits per heavy atom. The molecule has 0 aliphatic heterocycles. The SMILES string of the molecule is Nc1ccc(Cl)cc1NC(=O)CCn1[nH]c(=O)ccc1=O. The Hall–Kier alpha value is -2.54. The van der Waals surface area contributed by atoms with Crippen molar-refractivity contribution >= 4 is 28.9 Å². The molecular formula is C13H13ClN4O3. The van der Waals surface area contributed by atoms with Crippen molar-refractivity contribution in [3.8, 4) is 0 Å². The first-order valence-corrected chi connectivity index (χ1v) is 6.48. The van der Waals surface area contributed by atoms with E-state index in [-0.39, 0.29) is 24.4 Å². The maximum Gasteiger partial charge on any atom is 0.265 e. The number of halogens is 1. The molecule has 0 spiro atoms. The molecule has 0 saturated carbocycles. The van der Waals surface area contributed by atoms with Crippen LogP contribution in [0.25, 0.3) is 0 Å². The van der Waals surface area contributed by atoms with E-state index in [1.54, 1.807) is 12.1 Å². The number of nitrogen functional groups attached to an aromatic ring is 1. The van der Waals surface area contributed by atoms with E-state index in [0.717, 1.165) is 16.8 Å². The van der Waals surface area contributed by atoms with Crippen LogP contribution in [0.5, 0.6) is 0 Å². The van der Waals surface area contributed by atoms with Gasteiger partial charge in [-0.3, -0.25) is 19.5 Å². The number of hydrogen-bond acceptors (Lipinski definition) is 4. The van der Waals surface area contributed by atoms with E-state index in [4.69, 9.17) is 17.3 Å². The molecule has 0 aliphatic carbocycles. The van der Waals surface area contributed by atoms with Gasteiger partial charge in [0.15, 0.2) is 0 Å². The molecule has 21 heavy (non-hydrogen) atoms. The third kappa shape index (κ3) is 3.96. The fourth-order valence-corrected chi connectivity index (χ4v) is 1.86. The van der Waals surface area contributed by atoms with Crippen molar-refractivity contribution in [3.05, 3.63) is 56.1 Å². The van der Waals surface area contributed by atoms with E-state index in [2.05, 4.69) is 10.4 Å². The van der Waals surface area contributed by atoms with Crippen molar-refractivity contribution in [1.29, 1.82) is 0 Å². The lowest BCUT2D eigenvalue weighted by atomic mass is 10.2. The highest BCUT2D eigenvalue weighted by molar-refractivity contribution is 6.31. The van der Waals surface area contributed by atoms with Crippen LogP contribution in [0.1, 0.15) is 6.42 Å². The first-order chi connectivity index (χ1) is 9.95. The lowest BCUT2D eigenvalue weighted by Crippen LogP contribution is -2.29. The van der Waals surface area contributed by atoms with Gasteiger partial charge in [0.05, 0.1) is 17.9 Å². The van der Waals surface area contributed by atoms with Crippen molar-refractivity contribution < 1.29 is 4.79 Å². The zero-order valence-corrected chi connectivity index (χ0v) is 11.7. The number of nitrogens with zero attached hydrogens (tertiary/aromatic N) is 1. The minimum absolute atomic E-state index is 0.00577. The number of hydrogen-bond donors (Lipinski definition) is 3. The highest BCUT2D eigenvalue weighted by atomic mass is 35.5. The number of nitrogens with one attached hydrogen (secondary N) is 2. The second-order valence-electron chi connectivity index (χ2n) is 4.33. The van der Waals surface area contributed by atoms with Crippen molar-refractivity contribution in [2.45, 2.75) is 13.0 Å². The highest BCUT2D eigenvalue weighted by Crippen LogP contribution is 2.22. The predicted molar refractivity (Wildman–Crippen MR) is 80.4 cm³/mol. The van der Waals surface area contributed by atoms with Crippen molar-refractivity contribution in [1.82, 2.24) is 9.78 Å². The summed E-state index contributed by atoms with van der Waals surface area (Å²) in [5.41, 5.74) is 5.71. The smallest absolute Gasteiger partial charge is 0.265 e. The zero-order chi connectivity index (χ0) is 15.4. The Labute approximate surface area is 124 Å². The minimum Gasteiger partial charge on any atom is -0.397 e. The number of carbonyl (C=O) groups excluding carboxylic acids is 1. The molecule has 1 aromatic heterocycles. The Balaban J connectivity index is 2.02. The zero-order valence-electron chi connectivity index (χ0n) is 10.9. The van der Waals surface area contributed by atoms with E-state index in [1.165, 1.54) is 6.07 Å². The van der Waals surface area contributed by atoms with Gasteiger partial charge in [0.25, 0.3) is 11.1 Å². The van der Waals surface area contributed by atoms with E-state index in [9.17, 15) is 14.4 Å². The van der Waals surface area contributed by atoms with E-state index < -0.39 is 5.56 Å². The van der Waals surface area contributed by atoms with E-state index in [0.29, 0.717) is 16.4 Å². The second kappa shape index (κ2) is 6.27. The number of benzene rings is 1. The fourth-order valence-electron chi connectivity index (χ4n) is 1.69. The molecule has 0 atom stereocenters. The summed E-state index contributed by atoms with van der Waals surface area (Å²) in [6, 6.07) is 7.00. The van der Waals surface area contributed by atoms with Crippen LogP contribution in [0.15, 0.2) is 39.9 Å². The van der Waals surface area contributed by atoms with Gasteiger partial charge in [-0.15, -0.1) is 0 Å². The average molecular weight is 309 g/mol. The van der Waals surface area contributed by atoms with Crippen molar-refractivity contribution in [3.63, 3.8) is 0 Å². The molecular weight excluding hydrogens is 296 g/mol. The van der Waals surface area contributed by atoms with Gasteiger partial charge in [0.2, 0.25) is 5.91 Å². The van der Waals surface area contributed by atoms with Gasteiger partial charge in [-0.1, -0.05) is 11.6 Å². The van der Waals surface area contributed by atoms with Crippen LogP contribution in [0.4, 0.5) is 11.4 Å². The van der Waals surface area contributed by atoms with Gasteiger partial charge in [0.1, 0.15) is 0 Å². The number of aryl methyl sites for hydroxylation is 1. The van der Waals surface area contributed by atoms with Gasteiger partial charge in [0, 0.05) is 23.6 Å².